The van der Waals surface area contributed by atoms with Crippen molar-refractivity contribution in [3.05, 3.63) is 74.7 Å². The molecule has 0 bridgehead atoms. The van der Waals surface area contributed by atoms with Gasteiger partial charge in [-0.1, -0.05) is 29.8 Å². The maximum atomic E-state index is 13.3. The number of hydrogen-bond donors (Lipinski definition) is 2. The van der Waals surface area contributed by atoms with E-state index >= 15 is 0 Å². The van der Waals surface area contributed by atoms with E-state index < -0.39 is 19.0 Å². The predicted molar refractivity (Wildman–Crippen MR) is 119 cm³/mol. The van der Waals surface area contributed by atoms with E-state index in [4.69, 9.17) is 23.9 Å². The zero-order valence-corrected chi connectivity index (χ0v) is 19.0. The van der Waals surface area contributed by atoms with Crippen LogP contribution in [0.1, 0.15) is 16.9 Å². The van der Waals surface area contributed by atoms with Crippen molar-refractivity contribution in [1.29, 1.82) is 0 Å². The van der Waals surface area contributed by atoms with Gasteiger partial charge in [0.15, 0.2) is 16.9 Å². The summed E-state index contributed by atoms with van der Waals surface area (Å²) in [6, 6.07) is 7.51. The van der Waals surface area contributed by atoms with Crippen molar-refractivity contribution < 1.29 is 27.2 Å². The Balaban J connectivity index is 1.39. The average molecular weight is 491 g/mol. The fourth-order valence-electron chi connectivity index (χ4n) is 2.94. The maximum Gasteiger partial charge on any atom is 0.518 e. The Labute approximate surface area is 192 Å². The molecule has 0 radical (unpaired) electrons. The summed E-state index contributed by atoms with van der Waals surface area (Å²) >= 11 is 0. The predicted octanol–water partition coefficient (Wildman–Crippen LogP) is 2.16. The van der Waals surface area contributed by atoms with Gasteiger partial charge in [-0.2, -0.15) is 4.98 Å². The summed E-state index contributed by atoms with van der Waals surface area (Å²) in [5, 5.41) is 0. The number of H-pyrrole nitrogens is 1. The van der Waals surface area contributed by atoms with Gasteiger partial charge in [-0.3, -0.25) is 18.9 Å². The third-order valence-corrected chi connectivity index (χ3v) is 6.22. The number of rotatable bonds is 11. The van der Waals surface area contributed by atoms with E-state index in [1.807, 2.05) is 31.2 Å². The van der Waals surface area contributed by atoms with E-state index in [9.17, 15) is 14.2 Å². The number of nitrogens with one attached hydrogen (secondary N) is 1. The summed E-state index contributed by atoms with van der Waals surface area (Å²) < 4.78 is 40.8. The molecule has 1 atom stereocenters. The molecule has 3 N–H and O–H groups in total. The van der Waals surface area contributed by atoms with Crippen molar-refractivity contribution in [3.63, 3.8) is 0 Å². The van der Waals surface area contributed by atoms with Crippen LogP contribution in [0.2, 0.25) is 0 Å². The lowest BCUT2D eigenvalue weighted by atomic mass is 10.2. The van der Waals surface area contributed by atoms with Gasteiger partial charge in [-0.15, -0.1) is 0 Å². The molecule has 0 saturated carbocycles. The van der Waals surface area contributed by atoms with Crippen LogP contribution in [0.25, 0.3) is 11.2 Å². The maximum absolute atomic E-state index is 13.3. The first-order valence-corrected chi connectivity index (χ1v) is 11.8. The number of nitrogen functional groups attached to an aromatic ring is 1. The summed E-state index contributed by atoms with van der Waals surface area (Å²) in [4.78, 5) is 33.4. The minimum absolute atomic E-state index is 0.0222. The van der Waals surface area contributed by atoms with Crippen LogP contribution in [-0.2, 0) is 38.1 Å². The number of imidazole rings is 1. The highest BCUT2D eigenvalue weighted by Crippen LogP contribution is 2.49. The number of aromatic amines is 1. The highest BCUT2D eigenvalue weighted by Gasteiger charge is 2.26. The second-order valence-corrected chi connectivity index (χ2v) is 9.29. The van der Waals surface area contributed by atoms with Crippen molar-refractivity contribution in [2.24, 2.45) is 0 Å². The number of hydrogen-bond acceptors (Lipinski definition) is 11. The number of benzene rings is 1. The molecule has 1 unspecified atom stereocenters. The van der Waals surface area contributed by atoms with Gasteiger partial charge in [-0.05, 0) is 12.5 Å². The number of fused-ring (bicyclic) bond motifs is 1. The van der Waals surface area contributed by atoms with Gasteiger partial charge in [0.1, 0.15) is 19.2 Å². The Bertz CT molecular complexity index is 1420. The van der Waals surface area contributed by atoms with Gasteiger partial charge in [-0.25, -0.2) is 9.78 Å². The molecular formula is C20H22N5O8P. The number of aromatic nitrogens is 4. The van der Waals surface area contributed by atoms with Crippen molar-refractivity contribution >= 4 is 24.7 Å². The van der Waals surface area contributed by atoms with Gasteiger partial charge in [0.25, 0.3) is 5.56 Å². The highest BCUT2D eigenvalue weighted by atomic mass is 31.2. The van der Waals surface area contributed by atoms with Crippen molar-refractivity contribution in [3.8, 4) is 0 Å². The SMILES string of the molecule is Cc1ccc(COP(=O)(COCCn2cnc3c(=O)[nH]c(N)nc32)OCc2coc(=O)o2)cc1. The molecule has 0 saturated heterocycles. The first-order chi connectivity index (χ1) is 16.3. The Morgan fingerprint density at radius 1 is 1.18 bits per heavy atom. The van der Waals surface area contributed by atoms with Crippen LogP contribution in [0.15, 0.2) is 55.3 Å². The molecule has 14 heteroatoms. The molecule has 0 amide bonds. The lowest BCUT2D eigenvalue weighted by Gasteiger charge is -2.18. The Kier molecular flexibility index (Phi) is 7.08. The fourth-order valence-corrected chi connectivity index (χ4v) is 4.18. The average Bonchev–Trinajstić information content (AvgIpc) is 3.41. The van der Waals surface area contributed by atoms with Gasteiger partial charge in [0.05, 0.1) is 19.5 Å². The Morgan fingerprint density at radius 3 is 2.68 bits per heavy atom. The van der Waals surface area contributed by atoms with Crippen LogP contribution in [0, 0.1) is 6.92 Å². The van der Waals surface area contributed by atoms with Crippen molar-refractivity contribution in [2.45, 2.75) is 26.7 Å². The van der Waals surface area contributed by atoms with Gasteiger partial charge < -0.3 is 28.4 Å². The van der Waals surface area contributed by atoms with E-state index in [0.717, 1.165) is 17.4 Å². The highest BCUT2D eigenvalue weighted by molar-refractivity contribution is 7.53. The molecule has 0 aliphatic rings. The standard InChI is InChI=1S/C20H22N5O8P/c1-13-2-4-14(5-3-13)8-31-34(28,32-10-15-9-30-20(27)33-15)12-29-7-6-25-11-22-16-17(25)23-19(21)24-18(16)26/h2-5,9,11H,6-8,10,12H2,1H3,(H3,21,23,24,26). The normalized spacial score (nSPS) is 13.3. The summed E-state index contributed by atoms with van der Waals surface area (Å²) in [5.41, 5.74) is 7.46. The van der Waals surface area contributed by atoms with E-state index in [2.05, 4.69) is 19.4 Å². The first-order valence-electron chi connectivity index (χ1n) is 10.1. The van der Waals surface area contributed by atoms with Crippen molar-refractivity contribution in [1.82, 2.24) is 19.5 Å². The van der Waals surface area contributed by atoms with Gasteiger partial charge in [0.2, 0.25) is 5.95 Å². The Morgan fingerprint density at radius 2 is 1.94 bits per heavy atom. The fraction of sp³-hybridized carbons (Fsp3) is 0.300. The quantitative estimate of drug-likeness (QED) is 0.232. The number of anilines is 1. The molecule has 3 aromatic heterocycles. The summed E-state index contributed by atoms with van der Waals surface area (Å²) in [6.45, 7) is 2.00. The van der Waals surface area contributed by atoms with Crippen LogP contribution in [0.3, 0.4) is 0 Å². The molecular weight excluding hydrogens is 469 g/mol. The molecule has 4 rings (SSSR count). The molecule has 1 aromatic carbocycles. The smallest absolute Gasteiger partial charge is 0.399 e. The lowest BCUT2D eigenvalue weighted by molar-refractivity contribution is 0.114. The van der Waals surface area contributed by atoms with E-state index in [1.165, 1.54) is 6.33 Å². The lowest BCUT2D eigenvalue weighted by Crippen LogP contribution is -2.13. The van der Waals surface area contributed by atoms with Crippen LogP contribution in [0.5, 0.6) is 0 Å². The zero-order chi connectivity index (χ0) is 24.1. The minimum atomic E-state index is -3.76. The van der Waals surface area contributed by atoms with E-state index in [0.29, 0.717) is 5.65 Å². The third kappa shape index (κ3) is 5.88. The zero-order valence-electron chi connectivity index (χ0n) is 18.1. The monoisotopic (exact) mass is 491 g/mol. The largest absolute Gasteiger partial charge is 0.518 e. The molecule has 0 aliphatic heterocycles. The van der Waals surface area contributed by atoms with Crippen LogP contribution in [0.4, 0.5) is 5.95 Å². The summed E-state index contributed by atoms with van der Waals surface area (Å²) in [5.74, 6) is -0.873. The molecule has 34 heavy (non-hydrogen) atoms. The third-order valence-electron chi connectivity index (χ3n) is 4.67. The Hall–Kier alpha value is -3.51. The molecule has 0 aliphatic carbocycles. The molecule has 0 spiro atoms. The number of nitrogens with zero attached hydrogens (tertiary/aromatic N) is 3. The second-order valence-electron chi connectivity index (χ2n) is 7.30. The first kappa shape index (κ1) is 23.6. The topological polar surface area (TPSA) is 178 Å². The second kappa shape index (κ2) is 10.2. The molecule has 4 aromatic rings. The molecule has 3 heterocycles. The van der Waals surface area contributed by atoms with E-state index in [-0.39, 0.29) is 49.9 Å². The van der Waals surface area contributed by atoms with Crippen LogP contribution >= 0.6 is 7.60 Å². The number of ether oxygens (including phenoxy) is 1. The van der Waals surface area contributed by atoms with Gasteiger partial charge >= 0.3 is 13.4 Å². The molecule has 0 fully saturated rings. The number of aryl methyl sites for hydroxylation is 1. The van der Waals surface area contributed by atoms with E-state index in [1.54, 1.807) is 4.57 Å². The van der Waals surface area contributed by atoms with Gasteiger partial charge in [0, 0.05) is 6.54 Å². The summed E-state index contributed by atoms with van der Waals surface area (Å²) in [7, 11) is -3.76. The van der Waals surface area contributed by atoms with Crippen molar-refractivity contribution in [2.75, 3.05) is 18.7 Å². The molecule has 13 nitrogen and oxygen atoms in total. The van der Waals surface area contributed by atoms with Crippen LogP contribution in [-0.4, -0.2) is 32.5 Å². The summed E-state index contributed by atoms with van der Waals surface area (Å²) in [6.07, 6.45) is 2.13. The van der Waals surface area contributed by atoms with Crippen LogP contribution < -0.4 is 17.1 Å². The minimum Gasteiger partial charge on any atom is -0.399 e. The number of nitrogens with two attached hydrogens (primary N) is 1. The molecule has 180 valence electrons.